The van der Waals surface area contributed by atoms with Crippen molar-refractivity contribution in [1.29, 1.82) is 0 Å². The molecule has 1 aliphatic heterocycles. The number of hydrogen-bond donors (Lipinski definition) is 1. The highest BCUT2D eigenvalue weighted by atomic mass is 32.1. The van der Waals surface area contributed by atoms with E-state index in [2.05, 4.69) is 20.4 Å². The van der Waals surface area contributed by atoms with Crippen molar-refractivity contribution in [3.63, 3.8) is 0 Å². The van der Waals surface area contributed by atoms with Crippen LogP contribution in [0.3, 0.4) is 0 Å². The van der Waals surface area contributed by atoms with E-state index in [4.69, 9.17) is 9.26 Å². The summed E-state index contributed by atoms with van der Waals surface area (Å²) in [5.41, 5.74) is 2.25. The summed E-state index contributed by atoms with van der Waals surface area (Å²) < 4.78 is 37.3. The van der Waals surface area contributed by atoms with Gasteiger partial charge in [0.2, 0.25) is 5.91 Å². The number of carbonyl (C=O) groups excluding carboxylic acids is 1. The molecule has 1 atom stereocenters. The average molecular weight is 463 g/mol. The summed E-state index contributed by atoms with van der Waals surface area (Å²) >= 11 is 1.47. The first-order chi connectivity index (χ1) is 15.5. The van der Waals surface area contributed by atoms with Gasteiger partial charge in [0.25, 0.3) is 0 Å². The van der Waals surface area contributed by atoms with E-state index in [1.807, 2.05) is 18.4 Å². The van der Waals surface area contributed by atoms with Gasteiger partial charge in [0, 0.05) is 44.0 Å². The van der Waals surface area contributed by atoms with Crippen LogP contribution in [0, 0.1) is 18.6 Å². The van der Waals surface area contributed by atoms with Gasteiger partial charge in [-0.15, -0.1) is 11.3 Å². The molecule has 7 nitrogen and oxygen atoms in total. The maximum Gasteiger partial charge on any atom is 0.220 e. The number of halogens is 2. The molecule has 0 saturated carbocycles. The van der Waals surface area contributed by atoms with Crippen LogP contribution in [0.4, 0.5) is 8.78 Å². The minimum absolute atomic E-state index is 0.0711. The van der Waals surface area contributed by atoms with Gasteiger partial charge in [-0.05, 0) is 31.0 Å². The molecule has 2 aromatic heterocycles. The van der Waals surface area contributed by atoms with Gasteiger partial charge in [-0.3, -0.25) is 9.69 Å². The number of thiazole rings is 1. The van der Waals surface area contributed by atoms with Crippen LogP contribution in [-0.2, 0) is 22.5 Å². The first kappa shape index (κ1) is 22.5. The number of carbonyl (C=O) groups is 1. The number of ether oxygens (including phenoxy) is 1. The SMILES string of the molecule is Cc1cc(-c2nc(CCC(=O)NC[C@H]3CN(Cc4ccc(F)c(F)c4)CCO3)cs2)no1. The first-order valence-electron chi connectivity index (χ1n) is 10.4. The van der Waals surface area contributed by atoms with Gasteiger partial charge < -0.3 is 14.6 Å². The molecule has 1 aromatic carbocycles. The van der Waals surface area contributed by atoms with Gasteiger partial charge in [-0.2, -0.15) is 0 Å². The Morgan fingerprint density at radius 1 is 1.31 bits per heavy atom. The number of amides is 1. The quantitative estimate of drug-likeness (QED) is 0.553. The van der Waals surface area contributed by atoms with Crippen LogP contribution < -0.4 is 5.32 Å². The molecule has 0 aliphatic carbocycles. The molecule has 0 unspecified atom stereocenters. The number of nitrogens with one attached hydrogen (secondary N) is 1. The zero-order chi connectivity index (χ0) is 22.5. The molecule has 1 fully saturated rings. The van der Waals surface area contributed by atoms with Crippen LogP contribution in [-0.4, -0.2) is 53.3 Å². The summed E-state index contributed by atoms with van der Waals surface area (Å²) in [4.78, 5) is 18.9. The van der Waals surface area contributed by atoms with E-state index < -0.39 is 11.6 Å². The van der Waals surface area contributed by atoms with Crippen LogP contribution in [0.25, 0.3) is 10.7 Å². The van der Waals surface area contributed by atoms with Gasteiger partial charge in [0.05, 0.1) is 18.4 Å². The molecule has 1 N–H and O–H groups in total. The number of hydrogen-bond acceptors (Lipinski definition) is 7. The van der Waals surface area contributed by atoms with E-state index in [-0.39, 0.29) is 12.0 Å². The fraction of sp³-hybridized carbons (Fsp3) is 0.409. The van der Waals surface area contributed by atoms with Gasteiger partial charge in [0.1, 0.15) is 16.5 Å². The average Bonchev–Trinajstić information content (AvgIpc) is 3.42. The number of morpholine rings is 1. The van der Waals surface area contributed by atoms with E-state index in [9.17, 15) is 13.6 Å². The summed E-state index contributed by atoms with van der Waals surface area (Å²) in [5.74, 6) is -1.04. The molecule has 170 valence electrons. The number of aromatic nitrogens is 2. The Labute approximate surface area is 188 Å². The predicted octanol–water partition coefficient (Wildman–Crippen LogP) is 3.33. The zero-order valence-electron chi connectivity index (χ0n) is 17.6. The second-order valence-electron chi connectivity index (χ2n) is 7.75. The fourth-order valence-corrected chi connectivity index (χ4v) is 4.31. The molecule has 1 aliphatic rings. The summed E-state index contributed by atoms with van der Waals surface area (Å²) in [6.07, 6.45) is 0.707. The second kappa shape index (κ2) is 10.3. The van der Waals surface area contributed by atoms with Crippen molar-refractivity contribution < 1.29 is 22.8 Å². The van der Waals surface area contributed by atoms with Gasteiger partial charge >= 0.3 is 0 Å². The van der Waals surface area contributed by atoms with E-state index >= 15 is 0 Å². The first-order valence-corrected chi connectivity index (χ1v) is 11.3. The molecule has 4 rings (SSSR count). The van der Waals surface area contributed by atoms with Crippen molar-refractivity contribution in [2.75, 3.05) is 26.2 Å². The van der Waals surface area contributed by atoms with Crippen LogP contribution in [0.15, 0.2) is 34.2 Å². The molecule has 1 amide bonds. The Balaban J connectivity index is 1.20. The molecule has 32 heavy (non-hydrogen) atoms. The highest BCUT2D eigenvalue weighted by molar-refractivity contribution is 7.13. The maximum atomic E-state index is 13.4. The minimum Gasteiger partial charge on any atom is -0.374 e. The van der Waals surface area contributed by atoms with Crippen molar-refractivity contribution in [2.24, 2.45) is 0 Å². The topological polar surface area (TPSA) is 80.5 Å². The fourth-order valence-electron chi connectivity index (χ4n) is 3.51. The highest BCUT2D eigenvalue weighted by Crippen LogP contribution is 2.23. The van der Waals surface area contributed by atoms with E-state index in [0.29, 0.717) is 56.9 Å². The molecular weight excluding hydrogens is 438 g/mol. The van der Waals surface area contributed by atoms with Crippen molar-refractivity contribution in [1.82, 2.24) is 20.4 Å². The molecule has 0 bridgehead atoms. The lowest BCUT2D eigenvalue weighted by Crippen LogP contribution is -2.47. The predicted molar refractivity (Wildman–Crippen MR) is 115 cm³/mol. The molecule has 0 spiro atoms. The number of benzene rings is 1. The summed E-state index contributed by atoms with van der Waals surface area (Å²) in [7, 11) is 0. The van der Waals surface area contributed by atoms with Gasteiger partial charge in [-0.25, -0.2) is 13.8 Å². The normalized spacial score (nSPS) is 16.9. The lowest BCUT2D eigenvalue weighted by molar-refractivity contribution is -0.122. The summed E-state index contributed by atoms with van der Waals surface area (Å²) in [6.45, 7) is 4.54. The third kappa shape index (κ3) is 5.96. The molecule has 1 saturated heterocycles. The summed E-state index contributed by atoms with van der Waals surface area (Å²) in [5, 5.41) is 9.57. The van der Waals surface area contributed by atoms with Crippen molar-refractivity contribution >= 4 is 17.2 Å². The largest absolute Gasteiger partial charge is 0.374 e. The number of rotatable bonds is 8. The van der Waals surface area contributed by atoms with Crippen LogP contribution in [0.1, 0.15) is 23.4 Å². The molecule has 3 heterocycles. The standard InChI is InChI=1S/C22H24F2N4O3S/c1-14-8-20(27-31-14)22-26-16(13-32-22)3-5-21(29)25-10-17-12-28(6-7-30-17)11-15-2-4-18(23)19(24)9-15/h2,4,8-9,13,17H,3,5-7,10-12H2,1H3,(H,25,29)/t17-/m0/s1. The van der Waals surface area contributed by atoms with E-state index in [1.54, 1.807) is 6.07 Å². The molecule has 3 aromatic rings. The van der Waals surface area contributed by atoms with Gasteiger partial charge in [-0.1, -0.05) is 11.2 Å². The van der Waals surface area contributed by atoms with E-state index in [1.165, 1.54) is 17.4 Å². The van der Waals surface area contributed by atoms with Crippen LogP contribution >= 0.6 is 11.3 Å². The van der Waals surface area contributed by atoms with Crippen molar-refractivity contribution in [3.8, 4) is 10.7 Å². The Bertz CT molecular complexity index is 1070. The maximum absolute atomic E-state index is 13.4. The zero-order valence-corrected chi connectivity index (χ0v) is 18.5. The van der Waals surface area contributed by atoms with E-state index in [0.717, 1.165) is 22.5 Å². The monoisotopic (exact) mass is 462 g/mol. The smallest absolute Gasteiger partial charge is 0.220 e. The highest BCUT2D eigenvalue weighted by Gasteiger charge is 2.21. The van der Waals surface area contributed by atoms with Gasteiger partial charge in [0.15, 0.2) is 11.6 Å². The van der Waals surface area contributed by atoms with Crippen LogP contribution in [0.5, 0.6) is 0 Å². The third-order valence-electron chi connectivity index (χ3n) is 5.15. The lowest BCUT2D eigenvalue weighted by Gasteiger charge is -2.33. The Kier molecular flexibility index (Phi) is 7.23. The minimum atomic E-state index is -0.849. The second-order valence-corrected chi connectivity index (χ2v) is 8.61. The van der Waals surface area contributed by atoms with Crippen molar-refractivity contribution in [2.45, 2.75) is 32.4 Å². The molecular formula is C22H24F2N4O3S. The Morgan fingerprint density at radius 2 is 2.19 bits per heavy atom. The molecule has 0 radical (unpaired) electrons. The number of nitrogens with zero attached hydrogens (tertiary/aromatic N) is 3. The van der Waals surface area contributed by atoms with Crippen molar-refractivity contribution in [3.05, 3.63) is 58.3 Å². The Hall–Kier alpha value is -2.69. The van der Waals surface area contributed by atoms with Crippen LogP contribution in [0.2, 0.25) is 0 Å². The summed E-state index contributed by atoms with van der Waals surface area (Å²) in [6, 6.07) is 5.77. The molecule has 10 heteroatoms. The Morgan fingerprint density at radius 3 is 2.97 bits per heavy atom. The number of aryl methyl sites for hydroxylation is 2. The third-order valence-corrected chi connectivity index (χ3v) is 6.06. The lowest BCUT2D eigenvalue weighted by atomic mass is 10.1.